The van der Waals surface area contributed by atoms with E-state index in [-0.39, 0.29) is 29.8 Å². The van der Waals surface area contributed by atoms with E-state index in [0.717, 1.165) is 22.9 Å². The van der Waals surface area contributed by atoms with Gasteiger partial charge in [-0.05, 0) is 31.5 Å². The minimum Gasteiger partial charge on any atom is -0.465 e. The van der Waals surface area contributed by atoms with E-state index in [2.05, 4.69) is 5.10 Å². The zero-order valence-corrected chi connectivity index (χ0v) is 14.2. The number of carbonyl (C=O) groups is 1. The van der Waals surface area contributed by atoms with Gasteiger partial charge in [-0.25, -0.2) is 4.68 Å². The highest BCUT2D eigenvalue weighted by molar-refractivity contribution is 5.85. The van der Waals surface area contributed by atoms with Gasteiger partial charge in [0.2, 0.25) is 0 Å². The molecule has 5 nitrogen and oxygen atoms in total. The van der Waals surface area contributed by atoms with Crippen molar-refractivity contribution in [3.8, 4) is 0 Å². The van der Waals surface area contributed by atoms with E-state index in [4.69, 9.17) is 4.74 Å². The van der Waals surface area contributed by atoms with Gasteiger partial charge in [-0.1, -0.05) is 13.8 Å². The van der Waals surface area contributed by atoms with Crippen molar-refractivity contribution in [1.82, 2.24) is 9.78 Å². The van der Waals surface area contributed by atoms with Crippen LogP contribution in [-0.4, -0.2) is 22.4 Å². The van der Waals surface area contributed by atoms with Gasteiger partial charge < -0.3 is 4.74 Å². The monoisotopic (exact) mass is 356 g/mol. The second kappa shape index (κ2) is 7.25. The molecule has 2 aromatic rings. The minimum absolute atomic E-state index is 0.0996. The Morgan fingerprint density at radius 1 is 1.28 bits per heavy atom. The van der Waals surface area contributed by atoms with Crippen LogP contribution < -0.4 is 5.56 Å². The number of fused-ring (bicyclic) bond motifs is 1. The van der Waals surface area contributed by atoms with Crippen molar-refractivity contribution >= 4 is 16.7 Å². The van der Waals surface area contributed by atoms with Crippen molar-refractivity contribution < 1.29 is 22.7 Å². The van der Waals surface area contributed by atoms with E-state index in [1.54, 1.807) is 13.8 Å². The molecule has 1 unspecified atom stereocenters. The zero-order chi connectivity index (χ0) is 18.8. The van der Waals surface area contributed by atoms with Crippen LogP contribution in [-0.2, 0) is 22.3 Å². The van der Waals surface area contributed by atoms with E-state index in [9.17, 15) is 22.8 Å². The summed E-state index contributed by atoms with van der Waals surface area (Å²) in [5.74, 6) is -0.807. The third-order valence-electron chi connectivity index (χ3n) is 3.98. The third-order valence-corrected chi connectivity index (χ3v) is 3.98. The van der Waals surface area contributed by atoms with Crippen LogP contribution in [0.3, 0.4) is 0 Å². The van der Waals surface area contributed by atoms with E-state index >= 15 is 0 Å². The Morgan fingerprint density at radius 2 is 1.96 bits per heavy atom. The summed E-state index contributed by atoms with van der Waals surface area (Å²) in [5, 5.41) is 4.41. The predicted octanol–water partition coefficient (Wildman–Crippen LogP) is 3.49. The zero-order valence-electron chi connectivity index (χ0n) is 14.2. The molecule has 1 aromatic heterocycles. The highest BCUT2D eigenvalue weighted by atomic mass is 19.4. The average Bonchev–Trinajstić information content (AvgIpc) is 2.55. The number of aromatic nitrogens is 2. The molecule has 0 aliphatic rings. The van der Waals surface area contributed by atoms with Gasteiger partial charge in [0.05, 0.1) is 23.3 Å². The molecule has 0 amide bonds. The molecule has 0 aliphatic heterocycles. The molecule has 0 fully saturated rings. The Balaban J connectivity index is 2.70. The summed E-state index contributed by atoms with van der Waals surface area (Å²) in [6, 6.07) is 2.94. The Labute approximate surface area is 142 Å². The lowest BCUT2D eigenvalue weighted by atomic mass is 9.98. The number of hydrogen-bond donors (Lipinski definition) is 0. The molecular formula is C17H19F3N2O3. The fraction of sp³-hybridized carbons (Fsp3) is 0.471. The van der Waals surface area contributed by atoms with Gasteiger partial charge in [0.25, 0.3) is 5.56 Å². The molecule has 0 spiro atoms. The molecule has 136 valence electrons. The van der Waals surface area contributed by atoms with Gasteiger partial charge in [-0.2, -0.15) is 18.3 Å². The molecule has 1 aromatic carbocycles. The summed E-state index contributed by atoms with van der Waals surface area (Å²) >= 11 is 0. The van der Waals surface area contributed by atoms with Gasteiger partial charge in [0, 0.05) is 11.3 Å². The number of rotatable bonds is 5. The predicted molar refractivity (Wildman–Crippen MR) is 86.3 cm³/mol. The second-order valence-corrected chi connectivity index (χ2v) is 5.72. The fourth-order valence-electron chi connectivity index (χ4n) is 2.48. The Kier molecular flexibility index (Phi) is 5.49. The number of ether oxygens (including phenoxy) is 1. The van der Waals surface area contributed by atoms with Crippen LogP contribution in [0.1, 0.15) is 44.4 Å². The summed E-state index contributed by atoms with van der Waals surface area (Å²) < 4.78 is 44.8. The van der Waals surface area contributed by atoms with Gasteiger partial charge in [-0.3, -0.25) is 9.59 Å². The Hall–Kier alpha value is -2.38. The quantitative estimate of drug-likeness (QED) is 0.770. The van der Waals surface area contributed by atoms with Crippen LogP contribution in [0.15, 0.2) is 23.0 Å². The second-order valence-electron chi connectivity index (χ2n) is 5.72. The highest BCUT2D eigenvalue weighted by Crippen LogP contribution is 2.33. The number of esters is 1. The summed E-state index contributed by atoms with van der Waals surface area (Å²) in [6.45, 7) is 5.09. The first-order chi connectivity index (χ1) is 11.7. The number of alkyl halides is 3. The number of benzene rings is 1. The first kappa shape index (κ1) is 19.0. The van der Waals surface area contributed by atoms with Crippen molar-refractivity contribution in [3.63, 3.8) is 0 Å². The van der Waals surface area contributed by atoms with Crippen molar-refractivity contribution in [2.75, 3.05) is 6.61 Å². The third kappa shape index (κ3) is 4.00. The molecule has 25 heavy (non-hydrogen) atoms. The lowest BCUT2D eigenvalue weighted by molar-refractivity contribution is -0.144. The maximum absolute atomic E-state index is 13.0. The highest BCUT2D eigenvalue weighted by Gasteiger charge is 2.31. The normalized spacial score (nSPS) is 13.0. The molecule has 1 heterocycles. The first-order valence-electron chi connectivity index (χ1n) is 7.96. The maximum Gasteiger partial charge on any atom is 0.416 e. The van der Waals surface area contributed by atoms with Crippen LogP contribution in [0.4, 0.5) is 13.2 Å². The minimum atomic E-state index is -4.51. The van der Waals surface area contributed by atoms with Gasteiger partial charge >= 0.3 is 12.1 Å². The van der Waals surface area contributed by atoms with Crippen LogP contribution in [0.25, 0.3) is 10.8 Å². The summed E-state index contributed by atoms with van der Waals surface area (Å²) in [4.78, 5) is 24.2. The maximum atomic E-state index is 13.0. The lowest BCUT2D eigenvalue weighted by Gasteiger charge is -2.16. The smallest absolute Gasteiger partial charge is 0.416 e. The van der Waals surface area contributed by atoms with Crippen molar-refractivity contribution in [3.05, 3.63) is 39.8 Å². The van der Waals surface area contributed by atoms with Gasteiger partial charge in [-0.15, -0.1) is 0 Å². The number of carbonyl (C=O) groups excluding carboxylic acids is 1. The van der Waals surface area contributed by atoms with E-state index in [1.165, 1.54) is 0 Å². The Morgan fingerprint density at radius 3 is 2.52 bits per heavy atom. The molecule has 8 heteroatoms. The Bertz CT molecular complexity index is 843. The van der Waals surface area contributed by atoms with E-state index in [1.807, 2.05) is 6.92 Å². The van der Waals surface area contributed by atoms with E-state index < -0.39 is 23.3 Å². The van der Waals surface area contributed by atoms with Crippen LogP contribution in [0.5, 0.6) is 0 Å². The van der Waals surface area contributed by atoms with Crippen LogP contribution >= 0.6 is 0 Å². The molecule has 0 bridgehead atoms. The molecule has 0 saturated carbocycles. The summed E-state index contributed by atoms with van der Waals surface area (Å²) in [5.41, 5.74) is -1.11. The van der Waals surface area contributed by atoms with Crippen molar-refractivity contribution in [2.45, 2.75) is 45.8 Å². The molecule has 1 atom stereocenters. The summed E-state index contributed by atoms with van der Waals surface area (Å²) in [6.07, 6.45) is -3.89. The molecule has 0 N–H and O–H groups in total. The topological polar surface area (TPSA) is 61.2 Å². The number of halogens is 3. The van der Waals surface area contributed by atoms with Gasteiger partial charge in [0.1, 0.15) is 6.54 Å². The van der Waals surface area contributed by atoms with Crippen LogP contribution in [0, 0.1) is 0 Å². The molecule has 0 radical (unpaired) electrons. The molecule has 0 saturated heterocycles. The standard InChI is InChI=1S/C17H19F3N2O3/c1-4-10(3)15-13-8-11(17(18,19)20)6-7-12(13)16(24)22(21-15)9-14(23)25-5-2/h6-8,10H,4-5,9H2,1-3H3. The number of hydrogen-bond acceptors (Lipinski definition) is 4. The lowest BCUT2D eigenvalue weighted by Crippen LogP contribution is -2.29. The summed E-state index contributed by atoms with van der Waals surface area (Å²) in [7, 11) is 0. The average molecular weight is 356 g/mol. The SMILES string of the molecule is CCOC(=O)Cn1nc(C(C)CC)c2cc(C(F)(F)F)ccc2c1=O. The number of nitrogens with zero attached hydrogens (tertiary/aromatic N) is 2. The van der Waals surface area contributed by atoms with E-state index in [0.29, 0.717) is 12.1 Å². The molecule has 0 aliphatic carbocycles. The van der Waals surface area contributed by atoms with Crippen molar-refractivity contribution in [2.24, 2.45) is 0 Å². The fourth-order valence-corrected chi connectivity index (χ4v) is 2.48. The van der Waals surface area contributed by atoms with Crippen molar-refractivity contribution in [1.29, 1.82) is 0 Å². The largest absolute Gasteiger partial charge is 0.465 e. The van der Waals surface area contributed by atoms with Gasteiger partial charge in [0.15, 0.2) is 0 Å². The molecule has 2 rings (SSSR count). The van der Waals surface area contributed by atoms with Crippen LogP contribution in [0.2, 0.25) is 0 Å². The first-order valence-corrected chi connectivity index (χ1v) is 7.96. The molecular weight excluding hydrogens is 337 g/mol.